The van der Waals surface area contributed by atoms with Crippen molar-refractivity contribution < 1.29 is 21.6 Å². The Hall–Kier alpha value is 0.454. The minimum Gasteiger partial charge on any atom is -0.391 e. The minimum absolute atomic E-state index is 0. The molecule has 0 amide bonds. The molecule has 0 radical (unpaired) electrons. The quantitative estimate of drug-likeness (QED) is 0.483. The zero-order valence-corrected chi connectivity index (χ0v) is 5.25. The van der Waals surface area contributed by atoms with Crippen LogP contribution in [0.3, 0.4) is 0 Å². The van der Waals surface area contributed by atoms with Crippen molar-refractivity contribution >= 4 is 0 Å². The first-order valence-electron chi connectivity index (χ1n) is 1.72. The zero-order chi connectivity index (χ0) is 4.50. The second kappa shape index (κ2) is 2.60. The molecular weight excluding hydrogens is 123 g/mol. The molecule has 0 aliphatic rings. The first kappa shape index (κ1) is 9.68. The molecular formula is C4H10NiO. The van der Waals surface area contributed by atoms with Crippen LogP contribution in [0.2, 0.25) is 0 Å². The summed E-state index contributed by atoms with van der Waals surface area (Å²) in [5, 5.41) is 8.52. The van der Waals surface area contributed by atoms with E-state index in [1.165, 1.54) is 0 Å². The zero-order valence-electron chi connectivity index (χ0n) is 4.26. The summed E-state index contributed by atoms with van der Waals surface area (Å²) in [6.45, 7) is 5.23. The normalized spacial score (nSPS) is 10.0. The van der Waals surface area contributed by atoms with Crippen molar-refractivity contribution in [3.8, 4) is 0 Å². The summed E-state index contributed by atoms with van der Waals surface area (Å²) in [6.07, 6.45) is 0. The minimum atomic E-state index is -0.500. The average molecular weight is 133 g/mol. The Kier molecular flexibility index (Phi) is 4.19. The summed E-state index contributed by atoms with van der Waals surface area (Å²) in [7, 11) is 0. The van der Waals surface area contributed by atoms with Gasteiger partial charge in [-0.25, -0.2) is 0 Å². The van der Waals surface area contributed by atoms with E-state index in [-0.39, 0.29) is 16.5 Å². The molecule has 0 bridgehead atoms. The van der Waals surface area contributed by atoms with Crippen molar-refractivity contribution in [2.75, 3.05) is 0 Å². The van der Waals surface area contributed by atoms with Gasteiger partial charge in [0.25, 0.3) is 0 Å². The number of hydrogen-bond donors (Lipinski definition) is 1. The van der Waals surface area contributed by atoms with E-state index in [2.05, 4.69) is 0 Å². The fourth-order valence-corrected chi connectivity index (χ4v) is 0. The largest absolute Gasteiger partial charge is 0.391 e. The van der Waals surface area contributed by atoms with Gasteiger partial charge in [-0.2, -0.15) is 0 Å². The van der Waals surface area contributed by atoms with Gasteiger partial charge in [-0.3, -0.25) is 0 Å². The predicted molar refractivity (Wildman–Crippen MR) is 22.0 cm³/mol. The van der Waals surface area contributed by atoms with E-state index in [0.717, 1.165) is 0 Å². The Morgan fingerprint density at radius 3 is 1.17 bits per heavy atom. The summed E-state index contributed by atoms with van der Waals surface area (Å²) in [5.74, 6) is 0. The Morgan fingerprint density at radius 1 is 1.17 bits per heavy atom. The van der Waals surface area contributed by atoms with Gasteiger partial charge in [-0.05, 0) is 20.8 Å². The van der Waals surface area contributed by atoms with E-state index in [1.807, 2.05) is 0 Å². The predicted octanol–water partition coefficient (Wildman–Crippen LogP) is 0.775. The summed E-state index contributed by atoms with van der Waals surface area (Å²) in [4.78, 5) is 0. The number of hydrogen-bond acceptors (Lipinski definition) is 1. The van der Waals surface area contributed by atoms with Crippen LogP contribution in [0.1, 0.15) is 20.8 Å². The van der Waals surface area contributed by atoms with Gasteiger partial charge in [0.2, 0.25) is 0 Å². The van der Waals surface area contributed by atoms with E-state index >= 15 is 0 Å². The standard InChI is InChI=1S/C4H10O.Ni/c1-4(2,3)5;/h5H,1-3H3;. The van der Waals surface area contributed by atoms with E-state index in [4.69, 9.17) is 5.11 Å². The molecule has 0 atom stereocenters. The van der Waals surface area contributed by atoms with Gasteiger partial charge in [0.1, 0.15) is 0 Å². The molecule has 0 spiro atoms. The monoisotopic (exact) mass is 132 g/mol. The maximum atomic E-state index is 8.52. The van der Waals surface area contributed by atoms with E-state index < -0.39 is 5.60 Å². The maximum absolute atomic E-state index is 8.52. The molecule has 0 saturated carbocycles. The van der Waals surface area contributed by atoms with E-state index in [9.17, 15) is 0 Å². The Balaban J connectivity index is 0. The molecule has 0 aliphatic heterocycles. The van der Waals surface area contributed by atoms with Gasteiger partial charge in [0.05, 0.1) is 5.60 Å². The van der Waals surface area contributed by atoms with Gasteiger partial charge < -0.3 is 5.11 Å². The Morgan fingerprint density at radius 2 is 1.17 bits per heavy atom. The molecule has 0 rings (SSSR count). The molecule has 0 unspecified atom stereocenters. The molecule has 2 heteroatoms. The third kappa shape index (κ3) is 258. The van der Waals surface area contributed by atoms with Gasteiger partial charge in [-0.1, -0.05) is 0 Å². The fraction of sp³-hybridized carbons (Fsp3) is 1.00. The van der Waals surface area contributed by atoms with E-state index in [1.54, 1.807) is 20.8 Å². The van der Waals surface area contributed by atoms with Crippen molar-refractivity contribution in [2.45, 2.75) is 26.4 Å². The van der Waals surface area contributed by atoms with Gasteiger partial charge in [0.15, 0.2) is 0 Å². The molecule has 0 aromatic rings. The van der Waals surface area contributed by atoms with Crippen LogP contribution >= 0.6 is 0 Å². The van der Waals surface area contributed by atoms with Gasteiger partial charge >= 0.3 is 0 Å². The SMILES string of the molecule is CC(C)(C)O.[Ni]. The Bertz CT molecular complexity index is 23.0. The van der Waals surface area contributed by atoms with Crippen LogP contribution in [0.4, 0.5) is 0 Å². The Labute approximate surface area is 48.7 Å². The fourth-order valence-electron chi connectivity index (χ4n) is 0. The molecule has 0 saturated heterocycles. The van der Waals surface area contributed by atoms with Crippen LogP contribution in [-0.4, -0.2) is 10.7 Å². The summed E-state index contributed by atoms with van der Waals surface area (Å²) < 4.78 is 0. The van der Waals surface area contributed by atoms with Crippen LogP contribution in [-0.2, 0) is 16.5 Å². The van der Waals surface area contributed by atoms with Crippen LogP contribution < -0.4 is 0 Å². The molecule has 0 fully saturated rings. The van der Waals surface area contributed by atoms with Crippen molar-refractivity contribution in [2.24, 2.45) is 0 Å². The molecule has 0 aromatic heterocycles. The van der Waals surface area contributed by atoms with Crippen LogP contribution in [0.5, 0.6) is 0 Å². The number of rotatable bonds is 0. The summed E-state index contributed by atoms with van der Waals surface area (Å²) >= 11 is 0. The third-order valence-electron chi connectivity index (χ3n) is 0. The molecule has 0 aromatic carbocycles. The third-order valence-corrected chi connectivity index (χ3v) is 0. The van der Waals surface area contributed by atoms with Crippen molar-refractivity contribution in [3.05, 3.63) is 0 Å². The van der Waals surface area contributed by atoms with Crippen LogP contribution in [0.15, 0.2) is 0 Å². The second-order valence-corrected chi connectivity index (χ2v) is 2.17. The molecule has 1 N–H and O–H groups in total. The second-order valence-electron chi connectivity index (χ2n) is 2.17. The van der Waals surface area contributed by atoms with Gasteiger partial charge in [-0.15, -0.1) is 0 Å². The first-order chi connectivity index (χ1) is 2.00. The van der Waals surface area contributed by atoms with E-state index in [0.29, 0.717) is 0 Å². The molecule has 1 nitrogen and oxygen atoms in total. The molecule has 0 heterocycles. The van der Waals surface area contributed by atoms with Crippen molar-refractivity contribution in [1.82, 2.24) is 0 Å². The molecule has 42 valence electrons. The van der Waals surface area contributed by atoms with Crippen molar-refractivity contribution in [1.29, 1.82) is 0 Å². The summed E-state index contributed by atoms with van der Waals surface area (Å²) in [5.41, 5.74) is -0.500. The average Bonchev–Trinajstić information content (AvgIpc) is 0.722. The van der Waals surface area contributed by atoms with Crippen LogP contribution in [0.25, 0.3) is 0 Å². The van der Waals surface area contributed by atoms with Gasteiger partial charge in [0, 0.05) is 16.5 Å². The summed E-state index contributed by atoms with van der Waals surface area (Å²) in [6, 6.07) is 0. The first-order valence-corrected chi connectivity index (χ1v) is 1.72. The molecule has 6 heavy (non-hydrogen) atoms. The maximum Gasteiger partial charge on any atom is 0.0563 e. The number of aliphatic hydroxyl groups is 1. The van der Waals surface area contributed by atoms with Crippen molar-refractivity contribution in [3.63, 3.8) is 0 Å². The molecule has 0 aliphatic carbocycles. The topological polar surface area (TPSA) is 20.2 Å². The smallest absolute Gasteiger partial charge is 0.0563 e. The van der Waals surface area contributed by atoms with Crippen LogP contribution in [0, 0.1) is 0 Å².